The van der Waals surface area contributed by atoms with Crippen LogP contribution in [0.15, 0.2) is 108 Å². The molecule has 0 bridgehead atoms. The van der Waals surface area contributed by atoms with Gasteiger partial charge in [-0.2, -0.15) is 4.72 Å². The Labute approximate surface area is 300 Å². The molecule has 1 amide bonds. The first-order valence-corrected chi connectivity index (χ1v) is 19.0. The second-order valence-corrected chi connectivity index (χ2v) is 15.3. The molecule has 0 spiro atoms. The Hall–Kier alpha value is -3.94. The summed E-state index contributed by atoms with van der Waals surface area (Å²) in [5.74, 6) is -0.529. The molecular weight excluding hydrogens is 667 g/mol. The van der Waals surface area contributed by atoms with Crippen molar-refractivity contribution < 1.29 is 32.9 Å². The summed E-state index contributed by atoms with van der Waals surface area (Å²) in [4.78, 5) is 16.2. The third-order valence-corrected chi connectivity index (χ3v) is 11.4. The van der Waals surface area contributed by atoms with Crippen LogP contribution in [0.4, 0.5) is 5.69 Å². The minimum atomic E-state index is -4.01. The molecule has 0 saturated carbocycles. The van der Waals surface area contributed by atoms with E-state index in [1.807, 2.05) is 67.6 Å². The smallest absolute Gasteiger partial charge is 0.242 e. The quantitative estimate of drug-likeness (QED) is 0.147. The molecule has 10 nitrogen and oxygen atoms in total. The Morgan fingerprint density at radius 2 is 1.65 bits per heavy atom. The highest BCUT2D eigenvalue weighted by Gasteiger charge is 2.40. The van der Waals surface area contributed by atoms with Crippen LogP contribution in [0, 0.1) is 12.8 Å². The predicted octanol–water partition coefficient (Wildman–Crippen LogP) is 5.26. The highest BCUT2D eigenvalue weighted by atomic mass is 32.2. The van der Waals surface area contributed by atoms with Crippen molar-refractivity contribution in [1.82, 2.24) is 9.62 Å². The molecular formula is C40H47N3O7S. The van der Waals surface area contributed by atoms with E-state index < -0.39 is 28.3 Å². The lowest BCUT2D eigenvalue weighted by Gasteiger charge is -2.43. The zero-order chi connectivity index (χ0) is 36.0. The van der Waals surface area contributed by atoms with Crippen LogP contribution in [0.3, 0.4) is 0 Å². The minimum Gasteiger partial charge on any atom is -0.395 e. The van der Waals surface area contributed by atoms with Gasteiger partial charge in [0.1, 0.15) is 6.04 Å². The minimum absolute atomic E-state index is 0.0237. The molecule has 2 heterocycles. The lowest BCUT2D eigenvalue weighted by molar-refractivity contribution is -0.276. The lowest BCUT2D eigenvalue weighted by atomic mass is 9.90. The highest BCUT2D eigenvalue weighted by Crippen LogP contribution is 2.42. The van der Waals surface area contributed by atoms with Crippen LogP contribution >= 0.6 is 0 Å². The number of carbonyl (C=O) groups is 1. The highest BCUT2D eigenvalue weighted by molar-refractivity contribution is 7.89. The Bertz CT molecular complexity index is 1860. The van der Waals surface area contributed by atoms with Gasteiger partial charge in [0, 0.05) is 29.8 Å². The van der Waals surface area contributed by atoms with Gasteiger partial charge in [-0.05, 0) is 73.7 Å². The fourth-order valence-electron chi connectivity index (χ4n) is 6.90. The molecule has 51 heavy (non-hydrogen) atoms. The number of aliphatic hydroxyl groups excluding tert-OH is 2. The number of nitrogens with one attached hydrogen (secondary N) is 2. The summed E-state index contributed by atoms with van der Waals surface area (Å²) in [5, 5.41) is 22.5. The number of carbonyl (C=O) groups excluding carboxylic acids is 1. The number of aliphatic hydroxyl groups is 2. The van der Waals surface area contributed by atoms with Gasteiger partial charge in [-0.15, -0.1) is 0 Å². The summed E-state index contributed by atoms with van der Waals surface area (Å²) in [5.41, 5.74) is 4.67. The first-order valence-electron chi connectivity index (χ1n) is 17.5. The number of amides is 1. The predicted molar refractivity (Wildman–Crippen MR) is 195 cm³/mol. The SMILES string of the molecule is Cc1ccc(S(=O)(=O)N[C@H](Cc2ccccc2)C(=O)Nc2cccc(C3O[C@H](CN4CCC[C@H]4CO)[C@H](C)[C@H](c4ccc(CO)cc4)O3)c2)cc1. The van der Waals surface area contributed by atoms with E-state index in [-0.39, 0.29) is 48.7 Å². The Kier molecular flexibility index (Phi) is 12.0. The van der Waals surface area contributed by atoms with E-state index in [2.05, 4.69) is 21.9 Å². The number of aryl methyl sites for hydroxylation is 1. The third-order valence-electron chi connectivity index (χ3n) is 9.90. The van der Waals surface area contributed by atoms with Crippen molar-refractivity contribution in [2.75, 3.05) is 25.0 Å². The van der Waals surface area contributed by atoms with Crippen LogP contribution < -0.4 is 10.0 Å². The largest absolute Gasteiger partial charge is 0.395 e. The average Bonchev–Trinajstić information content (AvgIpc) is 3.60. The second kappa shape index (κ2) is 16.6. The summed E-state index contributed by atoms with van der Waals surface area (Å²) in [6.07, 6.45) is 0.809. The van der Waals surface area contributed by atoms with Crippen molar-refractivity contribution in [2.24, 2.45) is 5.92 Å². The van der Waals surface area contributed by atoms with E-state index in [1.54, 1.807) is 30.3 Å². The molecule has 4 aromatic rings. The molecule has 0 radical (unpaired) electrons. The number of hydrogen-bond acceptors (Lipinski definition) is 8. The molecule has 2 fully saturated rings. The monoisotopic (exact) mass is 713 g/mol. The van der Waals surface area contributed by atoms with E-state index in [0.29, 0.717) is 17.8 Å². The Morgan fingerprint density at radius 3 is 2.35 bits per heavy atom. The molecule has 4 aromatic carbocycles. The zero-order valence-electron chi connectivity index (χ0n) is 29.0. The summed E-state index contributed by atoms with van der Waals surface area (Å²) in [7, 11) is -4.01. The van der Waals surface area contributed by atoms with Crippen molar-refractivity contribution >= 4 is 21.6 Å². The van der Waals surface area contributed by atoms with Gasteiger partial charge in [0.2, 0.25) is 15.9 Å². The zero-order valence-corrected chi connectivity index (χ0v) is 29.8. The molecule has 0 aromatic heterocycles. The molecule has 270 valence electrons. The third kappa shape index (κ3) is 9.11. The number of hydrogen-bond donors (Lipinski definition) is 4. The molecule has 2 aliphatic rings. The maximum absolute atomic E-state index is 13.9. The summed E-state index contributed by atoms with van der Waals surface area (Å²) < 4.78 is 42.8. The van der Waals surface area contributed by atoms with Gasteiger partial charge in [0.05, 0.1) is 30.3 Å². The van der Waals surface area contributed by atoms with Gasteiger partial charge < -0.3 is 25.0 Å². The maximum atomic E-state index is 13.9. The van der Waals surface area contributed by atoms with Crippen LogP contribution in [0.5, 0.6) is 0 Å². The van der Waals surface area contributed by atoms with E-state index >= 15 is 0 Å². The number of ether oxygens (including phenoxy) is 2. The molecule has 4 N–H and O–H groups in total. The molecule has 2 aliphatic heterocycles. The van der Waals surface area contributed by atoms with E-state index in [4.69, 9.17) is 9.47 Å². The number of benzene rings is 4. The fraction of sp³-hybridized carbons (Fsp3) is 0.375. The van der Waals surface area contributed by atoms with Gasteiger partial charge in [-0.3, -0.25) is 9.69 Å². The van der Waals surface area contributed by atoms with E-state index in [1.165, 1.54) is 12.1 Å². The maximum Gasteiger partial charge on any atom is 0.242 e. The van der Waals surface area contributed by atoms with Crippen LogP contribution in [0.25, 0.3) is 0 Å². The van der Waals surface area contributed by atoms with E-state index in [9.17, 15) is 23.4 Å². The first kappa shape index (κ1) is 36.8. The fourth-order valence-corrected chi connectivity index (χ4v) is 8.10. The van der Waals surface area contributed by atoms with Crippen LogP contribution in [0.2, 0.25) is 0 Å². The van der Waals surface area contributed by atoms with Gasteiger partial charge >= 0.3 is 0 Å². The van der Waals surface area contributed by atoms with Crippen molar-refractivity contribution in [2.45, 2.75) is 75.2 Å². The van der Waals surface area contributed by atoms with Gasteiger partial charge in [0.25, 0.3) is 0 Å². The van der Waals surface area contributed by atoms with Crippen molar-refractivity contribution in [3.63, 3.8) is 0 Å². The van der Waals surface area contributed by atoms with Gasteiger partial charge in [-0.1, -0.05) is 91.3 Å². The van der Waals surface area contributed by atoms with Crippen molar-refractivity contribution in [3.8, 4) is 0 Å². The number of nitrogens with zero attached hydrogens (tertiary/aromatic N) is 1. The second-order valence-electron chi connectivity index (χ2n) is 13.6. The topological polar surface area (TPSA) is 137 Å². The summed E-state index contributed by atoms with van der Waals surface area (Å²) in [6.45, 7) is 5.56. The summed E-state index contributed by atoms with van der Waals surface area (Å²) in [6, 6.07) is 29.7. The number of likely N-dealkylation sites (tertiary alicyclic amines) is 1. The molecule has 6 atom stereocenters. The molecule has 2 saturated heterocycles. The number of sulfonamides is 1. The van der Waals surface area contributed by atoms with Gasteiger partial charge in [0.15, 0.2) is 6.29 Å². The Balaban J connectivity index is 1.24. The molecule has 0 aliphatic carbocycles. The van der Waals surface area contributed by atoms with Gasteiger partial charge in [-0.25, -0.2) is 8.42 Å². The van der Waals surface area contributed by atoms with Crippen LogP contribution in [0.1, 0.15) is 60.0 Å². The van der Waals surface area contributed by atoms with Crippen molar-refractivity contribution in [1.29, 1.82) is 0 Å². The standard InChI is InChI=1S/C40H47N3O7S/c1-27-13-19-35(20-14-27)51(47,48)42-36(22-29-8-4-3-5-9-29)39(46)41-33-11-6-10-32(23-33)40-49-37(24-43-21-7-12-34(43)26-45)28(2)38(50-40)31-17-15-30(25-44)16-18-31/h3-6,8-11,13-20,23,28,34,36-38,40,42,44-45H,7,12,21-22,24-26H2,1-2H3,(H,41,46)/t28-,34-,36+,37+,38+,40?/m0/s1. The van der Waals surface area contributed by atoms with E-state index in [0.717, 1.165) is 41.6 Å². The molecule has 1 unspecified atom stereocenters. The average molecular weight is 714 g/mol. The summed E-state index contributed by atoms with van der Waals surface area (Å²) >= 11 is 0. The number of rotatable bonds is 13. The van der Waals surface area contributed by atoms with Crippen LogP contribution in [-0.2, 0) is 37.3 Å². The first-order chi connectivity index (χ1) is 24.6. The molecule has 6 rings (SSSR count). The number of anilines is 1. The lowest BCUT2D eigenvalue weighted by Crippen LogP contribution is -2.46. The normalized spacial score (nSPS) is 23.2. The van der Waals surface area contributed by atoms with Crippen molar-refractivity contribution in [3.05, 3.63) is 131 Å². The Morgan fingerprint density at radius 1 is 0.902 bits per heavy atom. The molecule has 11 heteroatoms. The van der Waals surface area contributed by atoms with Crippen LogP contribution in [-0.4, -0.2) is 67.3 Å².